The molecule has 2 fully saturated rings. The second-order valence-corrected chi connectivity index (χ2v) is 8.80. The largest absolute Gasteiger partial charge is 0.461 e. The molecule has 0 unspecified atom stereocenters. The number of furan rings is 1. The van der Waals surface area contributed by atoms with Gasteiger partial charge in [-0.25, -0.2) is 8.42 Å². The van der Waals surface area contributed by atoms with Crippen molar-refractivity contribution in [3.8, 4) is 0 Å². The highest BCUT2D eigenvalue weighted by molar-refractivity contribution is 7.91. The second kappa shape index (κ2) is 6.15. The summed E-state index contributed by atoms with van der Waals surface area (Å²) >= 11 is 0. The highest BCUT2D eigenvalue weighted by Gasteiger charge is 2.36. The molecule has 2 heterocycles. The van der Waals surface area contributed by atoms with Crippen LogP contribution in [-0.2, 0) is 14.6 Å². The summed E-state index contributed by atoms with van der Waals surface area (Å²) < 4.78 is 28.9. The minimum Gasteiger partial charge on any atom is -0.461 e. The fourth-order valence-electron chi connectivity index (χ4n) is 3.24. The maximum Gasteiger partial charge on any atom is 0.246 e. The number of nitrogens with zero attached hydrogens (tertiary/aromatic N) is 1. The van der Waals surface area contributed by atoms with Crippen LogP contribution in [0.2, 0.25) is 0 Å². The second-order valence-electron chi connectivity index (χ2n) is 6.57. The number of carbonyl (C=O) groups is 1. The lowest BCUT2D eigenvalue weighted by atomic mass is 10.2. The molecular formula is C17H23NO4S. The Kier molecular flexibility index (Phi) is 4.36. The van der Waals surface area contributed by atoms with Crippen LogP contribution in [0, 0.1) is 5.92 Å². The third kappa shape index (κ3) is 3.68. The van der Waals surface area contributed by atoms with Crippen molar-refractivity contribution in [2.45, 2.75) is 38.6 Å². The third-order valence-corrected chi connectivity index (χ3v) is 6.54. The third-order valence-electron chi connectivity index (χ3n) is 4.79. The summed E-state index contributed by atoms with van der Waals surface area (Å²) in [5.74, 6) is 2.94. The van der Waals surface area contributed by atoms with E-state index in [1.54, 1.807) is 11.0 Å². The molecule has 3 rings (SSSR count). The van der Waals surface area contributed by atoms with E-state index in [4.69, 9.17) is 4.42 Å². The molecule has 1 amide bonds. The van der Waals surface area contributed by atoms with E-state index in [0.29, 0.717) is 30.6 Å². The highest BCUT2D eigenvalue weighted by atomic mass is 32.2. The first-order valence-corrected chi connectivity index (χ1v) is 10.0. The van der Waals surface area contributed by atoms with Gasteiger partial charge in [0.2, 0.25) is 5.91 Å². The van der Waals surface area contributed by atoms with E-state index in [9.17, 15) is 13.2 Å². The zero-order chi connectivity index (χ0) is 16.6. The van der Waals surface area contributed by atoms with Crippen LogP contribution in [0.25, 0.3) is 6.08 Å². The van der Waals surface area contributed by atoms with Gasteiger partial charge in [0.1, 0.15) is 11.5 Å². The van der Waals surface area contributed by atoms with Gasteiger partial charge in [0, 0.05) is 24.6 Å². The molecule has 5 nitrogen and oxygen atoms in total. The van der Waals surface area contributed by atoms with Crippen LogP contribution in [0.4, 0.5) is 0 Å². The van der Waals surface area contributed by atoms with Crippen LogP contribution in [0.15, 0.2) is 22.6 Å². The van der Waals surface area contributed by atoms with Crippen molar-refractivity contribution in [1.29, 1.82) is 0 Å². The van der Waals surface area contributed by atoms with Crippen LogP contribution >= 0.6 is 0 Å². The van der Waals surface area contributed by atoms with E-state index >= 15 is 0 Å². The zero-order valence-corrected chi connectivity index (χ0v) is 14.4. The minimum absolute atomic E-state index is 0.0743. The van der Waals surface area contributed by atoms with E-state index in [1.807, 2.05) is 19.1 Å². The van der Waals surface area contributed by atoms with Gasteiger partial charge in [-0.2, -0.15) is 0 Å². The van der Waals surface area contributed by atoms with Gasteiger partial charge in [0.05, 0.1) is 11.5 Å². The van der Waals surface area contributed by atoms with Gasteiger partial charge in [0.15, 0.2) is 9.84 Å². The fourth-order valence-corrected chi connectivity index (χ4v) is 4.97. The Hall–Kier alpha value is -1.56. The lowest BCUT2D eigenvalue weighted by molar-refractivity contribution is -0.127. The molecule has 3 atom stereocenters. The standard InChI is InChI=1S/C17H23NO4S/c1-3-18(13-8-9-23(20,21)11-13)17(19)7-5-14-4-6-16(22-14)15-10-12(15)2/h4-7,12-13,15H,3,8-11H2,1-2H3/b7-5-/t12-,13-,15+/m0/s1. The van der Waals surface area contributed by atoms with Gasteiger partial charge >= 0.3 is 0 Å². The average Bonchev–Trinajstić information content (AvgIpc) is 2.90. The molecule has 1 saturated carbocycles. The molecule has 1 aromatic heterocycles. The fraction of sp³-hybridized carbons (Fsp3) is 0.588. The topological polar surface area (TPSA) is 67.6 Å². The van der Waals surface area contributed by atoms with Crippen molar-refractivity contribution in [3.05, 3.63) is 29.7 Å². The van der Waals surface area contributed by atoms with Crippen molar-refractivity contribution in [2.24, 2.45) is 5.92 Å². The van der Waals surface area contributed by atoms with E-state index in [1.165, 1.54) is 6.08 Å². The molecule has 1 saturated heterocycles. The Morgan fingerprint density at radius 3 is 2.74 bits per heavy atom. The summed E-state index contributed by atoms with van der Waals surface area (Å²) in [4.78, 5) is 14.0. The number of hydrogen-bond acceptors (Lipinski definition) is 4. The number of sulfone groups is 1. The van der Waals surface area contributed by atoms with Crippen LogP contribution in [0.3, 0.4) is 0 Å². The van der Waals surface area contributed by atoms with Gasteiger partial charge in [-0.3, -0.25) is 4.79 Å². The predicted molar refractivity (Wildman–Crippen MR) is 88.7 cm³/mol. The van der Waals surface area contributed by atoms with Crippen molar-refractivity contribution in [2.75, 3.05) is 18.1 Å². The Morgan fingerprint density at radius 2 is 2.17 bits per heavy atom. The van der Waals surface area contributed by atoms with Gasteiger partial charge in [0.25, 0.3) is 0 Å². The predicted octanol–water partition coefficient (Wildman–Crippen LogP) is 2.45. The molecule has 0 N–H and O–H groups in total. The zero-order valence-electron chi connectivity index (χ0n) is 13.6. The molecular weight excluding hydrogens is 314 g/mol. The molecule has 6 heteroatoms. The molecule has 2 aliphatic rings. The van der Waals surface area contributed by atoms with E-state index in [-0.39, 0.29) is 23.5 Å². The van der Waals surface area contributed by atoms with Gasteiger partial charge in [-0.1, -0.05) is 6.92 Å². The van der Waals surface area contributed by atoms with Crippen LogP contribution < -0.4 is 0 Å². The summed E-state index contributed by atoms with van der Waals surface area (Å²) in [6.45, 7) is 4.57. The monoisotopic (exact) mass is 337 g/mol. The molecule has 1 aromatic rings. The summed E-state index contributed by atoms with van der Waals surface area (Å²) in [6, 6.07) is 3.64. The Labute approximate surface area is 137 Å². The number of amides is 1. The van der Waals surface area contributed by atoms with Crippen LogP contribution in [-0.4, -0.2) is 43.3 Å². The highest BCUT2D eigenvalue weighted by Crippen LogP contribution is 2.47. The van der Waals surface area contributed by atoms with E-state index in [2.05, 4.69) is 6.92 Å². The lowest BCUT2D eigenvalue weighted by Crippen LogP contribution is -2.39. The van der Waals surface area contributed by atoms with E-state index < -0.39 is 9.84 Å². The molecule has 0 spiro atoms. The van der Waals surface area contributed by atoms with Crippen LogP contribution in [0.1, 0.15) is 44.1 Å². The normalized spacial score (nSPS) is 29.0. The smallest absolute Gasteiger partial charge is 0.246 e. The maximum atomic E-state index is 12.4. The first kappa shape index (κ1) is 16.3. The minimum atomic E-state index is -2.99. The Balaban J connectivity index is 1.63. The number of likely N-dealkylation sites (N-methyl/N-ethyl adjacent to an activating group) is 1. The molecule has 1 aliphatic carbocycles. The van der Waals surface area contributed by atoms with E-state index in [0.717, 1.165) is 12.2 Å². The summed E-state index contributed by atoms with van der Waals surface area (Å²) in [6.07, 6.45) is 4.84. The maximum absolute atomic E-state index is 12.4. The van der Waals surface area contributed by atoms with Crippen LogP contribution in [0.5, 0.6) is 0 Å². The summed E-state index contributed by atoms with van der Waals surface area (Å²) in [5, 5.41) is 0. The number of hydrogen-bond donors (Lipinski definition) is 0. The Morgan fingerprint density at radius 1 is 1.43 bits per heavy atom. The van der Waals surface area contributed by atoms with Crippen molar-refractivity contribution >= 4 is 21.8 Å². The molecule has 0 bridgehead atoms. The summed E-state index contributed by atoms with van der Waals surface area (Å²) in [5.41, 5.74) is 0. The quantitative estimate of drug-likeness (QED) is 0.774. The Bertz CT molecular complexity index is 719. The van der Waals surface area contributed by atoms with Crippen molar-refractivity contribution in [3.63, 3.8) is 0 Å². The first-order chi connectivity index (χ1) is 10.9. The SMILES string of the molecule is CCN(C(=O)/C=C\c1ccc([C@@H]2C[C@@H]2C)o1)[C@H]1CCS(=O)(=O)C1. The van der Waals surface area contributed by atoms with Crippen molar-refractivity contribution < 1.29 is 17.6 Å². The first-order valence-electron chi connectivity index (χ1n) is 8.18. The average molecular weight is 337 g/mol. The number of carbonyl (C=O) groups excluding carboxylic acids is 1. The van der Waals surface area contributed by atoms with Gasteiger partial charge in [-0.05, 0) is 43.9 Å². The molecule has 0 aromatic carbocycles. The molecule has 126 valence electrons. The summed E-state index contributed by atoms with van der Waals surface area (Å²) in [7, 11) is -2.99. The molecule has 1 aliphatic heterocycles. The molecule has 0 radical (unpaired) electrons. The molecule has 23 heavy (non-hydrogen) atoms. The van der Waals surface area contributed by atoms with Gasteiger partial charge < -0.3 is 9.32 Å². The van der Waals surface area contributed by atoms with Crippen molar-refractivity contribution in [1.82, 2.24) is 4.90 Å². The number of rotatable bonds is 5. The van der Waals surface area contributed by atoms with Gasteiger partial charge in [-0.15, -0.1) is 0 Å². The lowest BCUT2D eigenvalue weighted by Gasteiger charge is -2.25.